The van der Waals surface area contributed by atoms with E-state index < -0.39 is 84.6 Å². The van der Waals surface area contributed by atoms with Gasteiger partial charge in [0.25, 0.3) is 0 Å². The molecule has 0 bridgehead atoms. The Bertz CT molecular complexity index is 2210. The predicted octanol–water partition coefficient (Wildman–Crippen LogP) is -0.0206. The first kappa shape index (κ1) is 49.9. The first-order chi connectivity index (χ1) is 28.4. The standard InChI is InChI=1S/C31H45N8O18P3S/c1-31(2,26(44)29(45)35-9-8-21(41)34-10-11-61-22(42)12-19(40)17-6-4-5-7-18(17)33-3)14-54-60(51,52)57-59(49,50)53-13-20-25(56-58(46,47)48)24(43)30(55-20)39-16-38-23-27(32)36-15-37-28(23)39/h4-7,15-16,20,24-26,30,33,43-44H,8-14H2,1-3H3,(H,34,41)(H,35,45)(H,49,50)(H,51,52)(H2,32,36,37)(H2,46,47,48)/t20-,24-,25-,26?,30-/m1/s1. The van der Waals surface area contributed by atoms with Crippen LogP contribution < -0.4 is 21.7 Å². The van der Waals surface area contributed by atoms with Crippen LogP contribution in [0.2, 0.25) is 0 Å². The predicted molar refractivity (Wildman–Crippen MR) is 212 cm³/mol. The van der Waals surface area contributed by atoms with Gasteiger partial charge in [-0.1, -0.05) is 37.7 Å². The molecule has 1 fully saturated rings. The maximum absolute atomic E-state index is 12.7. The number of nitrogen functional groups attached to an aromatic ring is 1. The fourth-order valence-corrected chi connectivity index (χ4v) is 9.01. The minimum absolute atomic E-state index is 0.0215. The smallest absolute Gasteiger partial charge is 0.388 e. The lowest BCUT2D eigenvalue weighted by Gasteiger charge is -2.30. The number of benzene rings is 1. The van der Waals surface area contributed by atoms with Gasteiger partial charge >= 0.3 is 23.5 Å². The number of nitrogens with one attached hydrogen (secondary N) is 3. The summed E-state index contributed by atoms with van der Waals surface area (Å²) in [6.45, 7) is 0.231. The molecule has 2 amide bonds. The molecule has 1 aliphatic heterocycles. The molecule has 3 heterocycles. The molecule has 0 saturated carbocycles. The number of ketones is 1. The topological polar surface area (TPSA) is 393 Å². The van der Waals surface area contributed by atoms with Crippen LogP contribution in [-0.4, -0.2) is 136 Å². The van der Waals surface area contributed by atoms with Crippen LogP contribution in [0.5, 0.6) is 0 Å². The van der Waals surface area contributed by atoms with Crippen LogP contribution in [0.3, 0.4) is 0 Å². The normalized spacial score (nSPS) is 20.7. The largest absolute Gasteiger partial charge is 0.481 e. The van der Waals surface area contributed by atoms with E-state index in [2.05, 4.69) is 39.7 Å². The number of aromatic nitrogens is 4. The van der Waals surface area contributed by atoms with E-state index in [4.69, 9.17) is 19.5 Å². The van der Waals surface area contributed by atoms with Crippen LogP contribution in [0, 0.1) is 5.41 Å². The van der Waals surface area contributed by atoms with E-state index in [9.17, 15) is 62.7 Å². The number of hydrogen-bond donors (Lipinski definition) is 10. The van der Waals surface area contributed by atoms with Crippen LogP contribution in [0.4, 0.5) is 11.5 Å². The molecule has 30 heteroatoms. The number of thioether (sulfide) groups is 1. The van der Waals surface area contributed by atoms with Gasteiger partial charge in [0.15, 0.2) is 28.6 Å². The Morgan fingerprint density at radius 1 is 1.02 bits per heavy atom. The number of amides is 2. The van der Waals surface area contributed by atoms with Gasteiger partial charge in [0.2, 0.25) is 11.8 Å². The van der Waals surface area contributed by atoms with E-state index in [-0.39, 0.29) is 59.6 Å². The molecule has 26 nitrogen and oxygen atoms in total. The summed E-state index contributed by atoms with van der Waals surface area (Å²) in [6.07, 6.45) is -7.42. The molecule has 7 atom stereocenters. The van der Waals surface area contributed by atoms with Crippen molar-refractivity contribution in [3.05, 3.63) is 42.5 Å². The lowest BCUT2D eigenvalue weighted by Crippen LogP contribution is -2.46. The molecule has 1 saturated heterocycles. The molecule has 0 radical (unpaired) electrons. The summed E-state index contributed by atoms with van der Waals surface area (Å²) in [5.41, 5.74) is 5.18. The third kappa shape index (κ3) is 14.4. The van der Waals surface area contributed by atoms with Crippen molar-refractivity contribution in [3.63, 3.8) is 0 Å². The molecule has 3 aromatic rings. The molecule has 0 aliphatic carbocycles. The Balaban J connectivity index is 1.20. The van der Waals surface area contributed by atoms with Crippen molar-refractivity contribution < 1.29 is 85.3 Å². The number of aliphatic hydroxyl groups is 2. The molecule has 61 heavy (non-hydrogen) atoms. The number of Topliss-reactive ketones (excluding diaryl/α,β-unsaturated/α-hetero) is 1. The highest BCUT2D eigenvalue weighted by molar-refractivity contribution is 8.13. The number of fused-ring (bicyclic) bond motifs is 1. The van der Waals surface area contributed by atoms with Gasteiger partial charge < -0.3 is 56.2 Å². The summed E-state index contributed by atoms with van der Waals surface area (Å²) in [4.78, 5) is 101. The van der Waals surface area contributed by atoms with Crippen molar-refractivity contribution in [2.75, 3.05) is 50.2 Å². The highest BCUT2D eigenvalue weighted by Gasteiger charge is 2.50. The number of phosphoric ester groups is 3. The van der Waals surface area contributed by atoms with Crippen LogP contribution in [-0.2, 0) is 50.7 Å². The van der Waals surface area contributed by atoms with Crippen LogP contribution in [0.25, 0.3) is 11.2 Å². The Labute approximate surface area is 350 Å². The second kappa shape index (κ2) is 21.1. The van der Waals surface area contributed by atoms with E-state index >= 15 is 0 Å². The maximum atomic E-state index is 12.7. The molecule has 0 spiro atoms. The van der Waals surface area contributed by atoms with Gasteiger partial charge in [0.1, 0.15) is 36.3 Å². The highest BCUT2D eigenvalue weighted by Crippen LogP contribution is 2.61. The van der Waals surface area contributed by atoms with Gasteiger partial charge in [-0.3, -0.25) is 37.3 Å². The Morgan fingerprint density at radius 3 is 2.39 bits per heavy atom. The van der Waals surface area contributed by atoms with Gasteiger partial charge in [-0.05, 0) is 12.1 Å². The quantitative estimate of drug-likeness (QED) is 0.0258. The Kier molecular flexibility index (Phi) is 17.2. The minimum atomic E-state index is -5.59. The van der Waals surface area contributed by atoms with Gasteiger partial charge in [-0.15, -0.1) is 0 Å². The number of phosphoric acid groups is 3. The number of nitrogens with two attached hydrogens (primary N) is 1. The molecule has 4 rings (SSSR count). The van der Waals surface area contributed by atoms with Crippen molar-refractivity contribution in [2.45, 2.75) is 57.3 Å². The molecule has 3 unspecified atom stereocenters. The lowest BCUT2D eigenvalue weighted by molar-refractivity contribution is -0.137. The zero-order valence-electron chi connectivity index (χ0n) is 32.5. The average molecular weight is 943 g/mol. The van der Waals surface area contributed by atoms with Crippen molar-refractivity contribution in [1.82, 2.24) is 30.2 Å². The first-order valence-electron chi connectivity index (χ1n) is 17.8. The van der Waals surface area contributed by atoms with Gasteiger partial charge in [0.05, 0.1) is 26.0 Å². The van der Waals surface area contributed by atoms with Crippen LogP contribution in [0.15, 0.2) is 36.9 Å². The molecular formula is C31H45N8O18P3S. The Morgan fingerprint density at radius 2 is 1.70 bits per heavy atom. The number of imidazole rings is 1. The monoisotopic (exact) mass is 942 g/mol. The SMILES string of the molecule is CNc1ccccc1C(=O)CC(=O)SCCNC(=O)CCNC(=O)C(O)C(C)(C)COP(=O)(O)OP(=O)(O)OC[C@H]1O[C@@H](n2cnc3c(N)ncnc32)[C@H](O)[C@@H]1OP(=O)(O)O. The molecule has 1 aliphatic rings. The van der Waals surface area contributed by atoms with Crippen molar-refractivity contribution in [3.8, 4) is 0 Å². The number of carbonyl (C=O) groups is 4. The van der Waals surface area contributed by atoms with E-state index in [0.717, 1.165) is 29.0 Å². The summed E-state index contributed by atoms with van der Waals surface area (Å²) in [6, 6.07) is 6.74. The molecule has 338 valence electrons. The number of rotatable bonds is 23. The van der Waals surface area contributed by atoms with E-state index in [1.165, 1.54) is 13.8 Å². The fourth-order valence-electron chi connectivity index (χ4n) is 5.52. The Hall–Kier alpha value is -3.75. The lowest BCUT2D eigenvalue weighted by atomic mass is 9.87. The van der Waals surface area contributed by atoms with Crippen molar-refractivity contribution in [2.24, 2.45) is 5.41 Å². The summed E-state index contributed by atoms with van der Waals surface area (Å²) in [5, 5.41) is 28.9. The molecule has 11 N–H and O–H groups in total. The third-order valence-corrected chi connectivity index (χ3v) is 12.5. The second-order valence-corrected chi connectivity index (χ2v) is 19.1. The van der Waals surface area contributed by atoms with E-state index in [0.29, 0.717) is 11.3 Å². The number of ether oxygens (including phenoxy) is 1. The van der Waals surface area contributed by atoms with Gasteiger partial charge in [0, 0.05) is 49.0 Å². The summed E-state index contributed by atoms with van der Waals surface area (Å²) in [7, 11) is -14.8. The zero-order chi connectivity index (χ0) is 45.3. The summed E-state index contributed by atoms with van der Waals surface area (Å²) in [5.74, 6) is -1.76. The maximum Gasteiger partial charge on any atom is 0.481 e. The third-order valence-electron chi connectivity index (χ3n) is 8.57. The minimum Gasteiger partial charge on any atom is -0.388 e. The molecule has 1 aromatic carbocycles. The molecule has 2 aromatic heterocycles. The van der Waals surface area contributed by atoms with Gasteiger partial charge in [-0.2, -0.15) is 4.31 Å². The number of anilines is 2. The number of hydrogen-bond acceptors (Lipinski definition) is 20. The van der Waals surface area contributed by atoms with Crippen LogP contribution >= 0.6 is 35.2 Å². The number of carbonyl (C=O) groups excluding carboxylic acids is 4. The second-order valence-electron chi connectivity index (χ2n) is 13.7. The zero-order valence-corrected chi connectivity index (χ0v) is 36.0. The number of aliphatic hydroxyl groups excluding tert-OH is 2. The van der Waals surface area contributed by atoms with Crippen LogP contribution in [0.1, 0.15) is 43.3 Å². The summed E-state index contributed by atoms with van der Waals surface area (Å²) >= 11 is 0.865. The number of nitrogens with zero attached hydrogens (tertiary/aromatic N) is 4. The average Bonchev–Trinajstić information content (AvgIpc) is 3.74. The molecular weight excluding hydrogens is 897 g/mol. The highest BCUT2D eigenvalue weighted by atomic mass is 32.2. The number of para-hydroxylation sites is 1. The van der Waals surface area contributed by atoms with E-state index in [1.54, 1.807) is 31.3 Å². The fraction of sp³-hybridized carbons (Fsp3) is 0.516. The van der Waals surface area contributed by atoms with Gasteiger partial charge in [-0.25, -0.2) is 28.6 Å². The van der Waals surface area contributed by atoms with Crippen molar-refractivity contribution in [1.29, 1.82) is 0 Å². The summed E-state index contributed by atoms with van der Waals surface area (Å²) < 4.78 is 62.2. The van der Waals surface area contributed by atoms with Crippen molar-refractivity contribution >= 4 is 80.6 Å². The van der Waals surface area contributed by atoms with E-state index in [1.807, 2.05) is 0 Å². The first-order valence-corrected chi connectivity index (χ1v) is 23.3.